The predicted molar refractivity (Wildman–Crippen MR) is 52.7 cm³/mol. The highest BCUT2D eigenvalue weighted by atomic mass is 14.1. The number of hydrogen-bond donors (Lipinski definition) is 0. The fourth-order valence-electron chi connectivity index (χ4n) is 1.60. The molecule has 0 saturated heterocycles. The lowest BCUT2D eigenvalue weighted by Gasteiger charge is -2.17. The Balaban J connectivity index is 0.000000461. The minimum atomic E-state index is 0.920. The van der Waals surface area contributed by atoms with E-state index in [9.17, 15) is 0 Å². The maximum atomic E-state index is 2.36. The van der Waals surface area contributed by atoms with E-state index >= 15 is 0 Å². The summed E-state index contributed by atoms with van der Waals surface area (Å²) in [5.41, 5.74) is 0. The van der Waals surface area contributed by atoms with Crippen LogP contribution in [-0.2, 0) is 0 Å². The monoisotopic (exact) mass is 154 g/mol. The van der Waals surface area contributed by atoms with Crippen molar-refractivity contribution >= 4 is 0 Å². The molecule has 1 aliphatic carbocycles. The molecule has 0 radical (unpaired) electrons. The summed E-state index contributed by atoms with van der Waals surface area (Å²) >= 11 is 0. The molecular weight excluding hydrogens is 132 g/mol. The SMILES string of the molecule is C/C=C/C1CCCCC1.CC. The van der Waals surface area contributed by atoms with Crippen LogP contribution in [0.4, 0.5) is 0 Å². The molecule has 11 heavy (non-hydrogen) atoms. The van der Waals surface area contributed by atoms with Crippen LogP contribution in [0.1, 0.15) is 52.9 Å². The van der Waals surface area contributed by atoms with Crippen LogP contribution < -0.4 is 0 Å². The van der Waals surface area contributed by atoms with Gasteiger partial charge in [0.2, 0.25) is 0 Å². The second-order valence-electron chi connectivity index (χ2n) is 2.92. The lowest BCUT2D eigenvalue weighted by Crippen LogP contribution is -2.01. The van der Waals surface area contributed by atoms with E-state index in [1.54, 1.807) is 0 Å². The summed E-state index contributed by atoms with van der Waals surface area (Å²) in [6.45, 7) is 6.12. The van der Waals surface area contributed by atoms with Crippen LogP contribution in [-0.4, -0.2) is 0 Å². The van der Waals surface area contributed by atoms with Gasteiger partial charge in [-0.25, -0.2) is 0 Å². The Kier molecular flexibility index (Phi) is 7.66. The average Bonchev–Trinajstić information content (AvgIpc) is 2.11. The zero-order valence-electron chi connectivity index (χ0n) is 8.27. The van der Waals surface area contributed by atoms with Crippen molar-refractivity contribution in [3.8, 4) is 0 Å². The molecule has 1 fully saturated rings. The van der Waals surface area contributed by atoms with Crippen molar-refractivity contribution in [3.63, 3.8) is 0 Å². The Hall–Kier alpha value is -0.260. The first kappa shape index (κ1) is 10.7. The van der Waals surface area contributed by atoms with E-state index < -0.39 is 0 Å². The van der Waals surface area contributed by atoms with E-state index in [1.807, 2.05) is 13.8 Å². The summed E-state index contributed by atoms with van der Waals surface area (Å²) in [4.78, 5) is 0. The van der Waals surface area contributed by atoms with Crippen LogP contribution in [0.2, 0.25) is 0 Å². The van der Waals surface area contributed by atoms with Crippen LogP contribution in [0, 0.1) is 5.92 Å². The highest BCUT2D eigenvalue weighted by Gasteiger charge is 2.08. The van der Waals surface area contributed by atoms with Gasteiger partial charge in [-0.05, 0) is 25.7 Å². The fraction of sp³-hybridized carbons (Fsp3) is 0.818. The molecule has 0 heteroatoms. The highest BCUT2D eigenvalue weighted by Crippen LogP contribution is 2.24. The van der Waals surface area contributed by atoms with Gasteiger partial charge >= 0.3 is 0 Å². The van der Waals surface area contributed by atoms with Gasteiger partial charge in [-0.3, -0.25) is 0 Å². The molecule has 0 unspecified atom stereocenters. The minimum Gasteiger partial charge on any atom is -0.0914 e. The highest BCUT2D eigenvalue weighted by molar-refractivity contribution is 4.86. The molecule has 0 aliphatic heterocycles. The Labute approximate surface area is 71.7 Å². The smallest absolute Gasteiger partial charge is 0.0234 e. The van der Waals surface area contributed by atoms with Gasteiger partial charge in [-0.2, -0.15) is 0 Å². The molecule has 0 bridgehead atoms. The molecule has 0 nitrogen and oxygen atoms in total. The second kappa shape index (κ2) is 7.84. The molecule has 0 spiro atoms. The molecule has 0 aromatic rings. The van der Waals surface area contributed by atoms with Gasteiger partial charge in [-0.15, -0.1) is 0 Å². The maximum Gasteiger partial charge on any atom is -0.0234 e. The summed E-state index contributed by atoms with van der Waals surface area (Å²) < 4.78 is 0. The summed E-state index contributed by atoms with van der Waals surface area (Å²) in [7, 11) is 0. The Morgan fingerprint density at radius 3 is 2.00 bits per heavy atom. The molecule has 0 heterocycles. The van der Waals surface area contributed by atoms with Crippen LogP contribution in [0.25, 0.3) is 0 Å². The van der Waals surface area contributed by atoms with Gasteiger partial charge in [0.05, 0.1) is 0 Å². The van der Waals surface area contributed by atoms with E-state index in [0.717, 1.165) is 5.92 Å². The molecular formula is C11H22. The van der Waals surface area contributed by atoms with Gasteiger partial charge in [-0.1, -0.05) is 45.3 Å². The summed E-state index contributed by atoms with van der Waals surface area (Å²) in [5, 5.41) is 0. The molecule has 0 N–H and O–H groups in total. The largest absolute Gasteiger partial charge is 0.0914 e. The average molecular weight is 154 g/mol. The molecule has 0 aromatic carbocycles. The Bertz CT molecular complexity index is 86.2. The third-order valence-corrected chi connectivity index (χ3v) is 2.11. The summed E-state index contributed by atoms with van der Waals surface area (Å²) in [5.74, 6) is 0.920. The third-order valence-electron chi connectivity index (χ3n) is 2.11. The van der Waals surface area contributed by atoms with Gasteiger partial charge < -0.3 is 0 Å². The van der Waals surface area contributed by atoms with Crippen LogP contribution in [0.5, 0.6) is 0 Å². The molecule has 1 aliphatic rings. The minimum absolute atomic E-state index is 0.920. The first-order valence-corrected chi connectivity index (χ1v) is 5.06. The van der Waals surface area contributed by atoms with Crippen molar-refractivity contribution in [2.45, 2.75) is 52.9 Å². The maximum absolute atomic E-state index is 2.36. The van der Waals surface area contributed by atoms with Crippen molar-refractivity contribution in [1.29, 1.82) is 0 Å². The van der Waals surface area contributed by atoms with E-state index in [2.05, 4.69) is 19.1 Å². The molecule has 1 rings (SSSR count). The van der Waals surface area contributed by atoms with Gasteiger partial charge in [0.25, 0.3) is 0 Å². The normalized spacial score (nSPS) is 19.5. The molecule has 0 atom stereocenters. The number of rotatable bonds is 1. The van der Waals surface area contributed by atoms with Crippen molar-refractivity contribution < 1.29 is 0 Å². The van der Waals surface area contributed by atoms with Crippen LogP contribution in [0.3, 0.4) is 0 Å². The van der Waals surface area contributed by atoms with E-state index in [4.69, 9.17) is 0 Å². The first-order valence-electron chi connectivity index (χ1n) is 5.06. The summed E-state index contributed by atoms with van der Waals surface area (Å²) in [6.07, 6.45) is 11.8. The van der Waals surface area contributed by atoms with Crippen molar-refractivity contribution in [1.82, 2.24) is 0 Å². The zero-order valence-corrected chi connectivity index (χ0v) is 8.27. The van der Waals surface area contributed by atoms with Gasteiger partial charge in [0, 0.05) is 0 Å². The summed E-state index contributed by atoms with van der Waals surface area (Å²) in [6, 6.07) is 0. The van der Waals surface area contributed by atoms with Crippen LogP contribution in [0.15, 0.2) is 12.2 Å². The van der Waals surface area contributed by atoms with E-state index in [1.165, 1.54) is 32.1 Å². The van der Waals surface area contributed by atoms with Gasteiger partial charge in [0.1, 0.15) is 0 Å². The molecule has 0 amide bonds. The second-order valence-corrected chi connectivity index (χ2v) is 2.92. The third kappa shape index (κ3) is 5.06. The Morgan fingerprint density at radius 1 is 1.00 bits per heavy atom. The zero-order chi connectivity index (χ0) is 8.53. The van der Waals surface area contributed by atoms with Gasteiger partial charge in [0.15, 0.2) is 0 Å². The predicted octanol–water partition coefficient (Wildman–Crippen LogP) is 4.17. The molecule has 66 valence electrons. The van der Waals surface area contributed by atoms with E-state index in [0.29, 0.717) is 0 Å². The lowest BCUT2D eigenvalue weighted by atomic mass is 9.89. The number of allylic oxidation sites excluding steroid dienone is 2. The Morgan fingerprint density at radius 2 is 1.55 bits per heavy atom. The van der Waals surface area contributed by atoms with Crippen molar-refractivity contribution in [2.75, 3.05) is 0 Å². The van der Waals surface area contributed by atoms with Crippen LogP contribution >= 0.6 is 0 Å². The quantitative estimate of drug-likeness (QED) is 0.497. The lowest BCUT2D eigenvalue weighted by molar-refractivity contribution is 0.419. The van der Waals surface area contributed by atoms with E-state index in [-0.39, 0.29) is 0 Å². The fourth-order valence-corrected chi connectivity index (χ4v) is 1.60. The van der Waals surface area contributed by atoms with Crippen molar-refractivity contribution in [3.05, 3.63) is 12.2 Å². The first-order chi connectivity index (χ1) is 5.43. The molecule has 0 aromatic heterocycles. The number of hydrogen-bond acceptors (Lipinski definition) is 0. The molecule has 1 saturated carbocycles. The van der Waals surface area contributed by atoms with Crippen molar-refractivity contribution in [2.24, 2.45) is 5.92 Å². The topological polar surface area (TPSA) is 0 Å². The standard InChI is InChI=1S/C9H16.C2H6/c1-2-6-9-7-4-3-5-8-9;1-2/h2,6,9H,3-5,7-8H2,1H3;1-2H3/b6-2+;.